The molecule has 136 valence electrons. The number of rotatable bonds is 12. The van der Waals surface area contributed by atoms with E-state index in [1.807, 2.05) is 20.8 Å². The van der Waals surface area contributed by atoms with Gasteiger partial charge < -0.3 is 14.1 Å². The van der Waals surface area contributed by atoms with Gasteiger partial charge in [-0.15, -0.1) is 0 Å². The van der Waals surface area contributed by atoms with E-state index in [9.17, 15) is 22.9 Å². The first-order chi connectivity index (χ1) is 10.6. The second kappa shape index (κ2) is 10.2. The highest BCUT2D eigenvalue weighted by Gasteiger charge is 2.36. The number of quaternary nitrogens is 1. The zero-order chi connectivity index (χ0) is 18.1. The summed E-state index contributed by atoms with van der Waals surface area (Å²) in [6.07, 6.45) is 3.75. The Labute approximate surface area is 140 Å². The summed E-state index contributed by atoms with van der Waals surface area (Å²) in [6.45, 7) is 9.34. The van der Waals surface area contributed by atoms with E-state index in [2.05, 4.69) is 0 Å². The lowest BCUT2D eigenvalue weighted by molar-refractivity contribution is -0.951. The van der Waals surface area contributed by atoms with Gasteiger partial charge in [-0.3, -0.25) is 4.79 Å². The van der Waals surface area contributed by atoms with Gasteiger partial charge in [-0.1, -0.05) is 19.9 Å². The molecule has 2 unspecified atom stereocenters. The second-order valence-electron chi connectivity index (χ2n) is 6.17. The summed E-state index contributed by atoms with van der Waals surface area (Å²) in [5.74, 6) is -0.758. The molecule has 0 aromatic heterocycles. The Morgan fingerprint density at radius 2 is 1.78 bits per heavy atom. The minimum absolute atomic E-state index is 0.119. The molecular formula is C16H31NO5S. The average Bonchev–Trinajstić information content (AvgIpc) is 2.44. The van der Waals surface area contributed by atoms with Gasteiger partial charge in [0.25, 0.3) is 0 Å². The molecule has 1 N–H and O–H groups in total. The highest BCUT2D eigenvalue weighted by Crippen LogP contribution is 2.21. The lowest BCUT2D eigenvalue weighted by Gasteiger charge is -2.44. The van der Waals surface area contributed by atoms with Crippen LogP contribution in [0.1, 0.15) is 47.0 Å². The largest absolute Gasteiger partial charge is 0.748 e. The average molecular weight is 349 g/mol. The van der Waals surface area contributed by atoms with Crippen LogP contribution in [0.25, 0.3) is 0 Å². The Kier molecular flexibility index (Phi) is 9.84. The van der Waals surface area contributed by atoms with Gasteiger partial charge in [0.05, 0.1) is 29.2 Å². The van der Waals surface area contributed by atoms with Crippen LogP contribution in [0.15, 0.2) is 12.2 Å². The number of nitrogens with zero attached hydrogens (tertiary/aromatic N) is 1. The van der Waals surface area contributed by atoms with Crippen LogP contribution in [0.4, 0.5) is 0 Å². The number of hydrogen-bond donors (Lipinski definition) is 1. The molecule has 0 fully saturated rings. The third kappa shape index (κ3) is 8.06. The second-order valence-corrected chi connectivity index (χ2v) is 7.69. The lowest BCUT2D eigenvalue weighted by Crippen LogP contribution is -2.59. The molecule has 23 heavy (non-hydrogen) atoms. The third-order valence-electron chi connectivity index (χ3n) is 4.25. The number of carbonyl (C=O) groups is 1. The van der Waals surface area contributed by atoms with Crippen LogP contribution in [0.2, 0.25) is 0 Å². The van der Waals surface area contributed by atoms with E-state index >= 15 is 0 Å². The number of hydrogen-bond acceptors (Lipinski definition) is 5. The molecule has 0 spiro atoms. The smallest absolute Gasteiger partial charge is 0.189 e. The zero-order valence-electron chi connectivity index (χ0n) is 14.7. The molecule has 2 atom stereocenters. The van der Waals surface area contributed by atoms with Gasteiger partial charge >= 0.3 is 0 Å². The Morgan fingerprint density at radius 1 is 1.26 bits per heavy atom. The summed E-state index contributed by atoms with van der Waals surface area (Å²) >= 11 is 0. The minimum Gasteiger partial charge on any atom is -0.748 e. The fourth-order valence-electron chi connectivity index (χ4n) is 3.10. The van der Waals surface area contributed by atoms with Crippen LogP contribution in [-0.2, 0) is 14.9 Å². The molecular weight excluding hydrogens is 318 g/mol. The van der Waals surface area contributed by atoms with Crippen LogP contribution in [-0.4, -0.2) is 65.9 Å². The van der Waals surface area contributed by atoms with Crippen molar-refractivity contribution in [2.75, 3.05) is 25.4 Å². The molecule has 0 amide bonds. The van der Waals surface area contributed by atoms with Crippen LogP contribution >= 0.6 is 0 Å². The van der Waals surface area contributed by atoms with Crippen LogP contribution in [0.3, 0.4) is 0 Å². The maximum Gasteiger partial charge on any atom is 0.189 e. The minimum atomic E-state index is -4.26. The molecule has 0 saturated heterocycles. The van der Waals surface area contributed by atoms with Crippen molar-refractivity contribution in [2.24, 2.45) is 0 Å². The first kappa shape index (κ1) is 22.2. The number of aliphatic hydroxyl groups excluding tert-OH is 1. The first-order valence-electron chi connectivity index (χ1n) is 8.25. The number of aliphatic hydroxyl groups is 1. The maximum absolute atomic E-state index is 11.9. The van der Waals surface area contributed by atoms with E-state index in [0.717, 1.165) is 25.9 Å². The van der Waals surface area contributed by atoms with Gasteiger partial charge in [0.2, 0.25) is 0 Å². The fourth-order valence-corrected chi connectivity index (χ4v) is 3.73. The maximum atomic E-state index is 11.9. The SMILES string of the molecule is CC=CC(=O)C(O)C[N+](CCC)(CCC)C(C)CCS(=O)(=O)[O-]. The van der Waals surface area contributed by atoms with Gasteiger partial charge in [0.15, 0.2) is 11.9 Å². The van der Waals surface area contributed by atoms with E-state index in [1.54, 1.807) is 13.0 Å². The molecule has 0 rings (SSSR count). The van der Waals surface area contributed by atoms with Crippen molar-refractivity contribution in [2.45, 2.75) is 59.1 Å². The number of allylic oxidation sites excluding steroid dienone is 1. The van der Waals surface area contributed by atoms with Crippen molar-refractivity contribution in [3.63, 3.8) is 0 Å². The van der Waals surface area contributed by atoms with Gasteiger partial charge in [0.1, 0.15) is 6.54 Å². The monoisotopic (exact) mass is 349 g/mol. The molecule has 0 radical (unpaired) electrons. The van der Waals surface area contributed by atoms with Crippen molar-refractivity contribution in [3.8, 4) is 0 Å². The van der Waals surface area contributed by atoms with E-state index in [0.29, 0.717) is 4.48 Å². The van der Waals surface area contributed by atoms with Crippen LogP contribution < -0.4 is 0 Å². The predicted octanol–water partition coefficient (Wildman–Crippen LogP) is 1.45. The first-order valence-corrected chi connectivity index (χ1v) is 9.83. The van der Waals surface area contributed by atoms with Crippen LogP contribution in [0.5, 0.6) is 0 Å². The van der Waals surface area contributed by atoms with Crippen molar-refractivity contribution < 1.29 is 27.4 Å². The highest BCUT2D eigenvalue weighted by atomic mass is 32.2. The summed E-state index contributed by atoms with van der Waals surface area (Å²) in [4.78, 5) is 11.9. The van der Waals surface area contributed by atoms with Crippen molar-refractivity contribution in [3.05, 3.63) is 12.2 Å². The quantitative estimate of drug-likeness (QED) is 0.327. The predicted molar refractivity (Wildman–Crippen MR) is 89.9 cm³/mol. The van der Waals surface area contributed by atoms with Gasteiger partial charge in [-0.25, -0.2) is 8.42 Å². The van der Waals surface area contributed by atoms with E-state index in [1.165, 1.54) is 6.08 Å². The number of ketones is 1. The van der Waals surface area contributed by atoms with E-state index < -0.39 is 22.0 Å². The summed E-state index contributed by atoms with van der Waals surface area (Å²) in [6, 6.07) is -0.119. The molecule has 0 bridgehead atoms. The van der Waals surface area contributed by atoms with E-state index in [-0.39, 0.29) is 24.8 Å². The zero-order valence-corrected chi connectivity index (χ0v) is 15.5. The molecule has 0 aliphatic heterocycles. The molecule has 0 aromatic rings. The molecule has 0 aliphatic rings. The summed E-state index contributed by atoms with van der Waals surface area (Å²) in [5.41, 5.74) is 0. The van der Waals surface area contributed by atoms with Crippen molar-refractivity contribution >= 4 is 15.9 Å². The van der Waals surface area contributed by atoms with Crippen molar-refractivity contribution in [1.82, 2.24) is 0 Å². The van der Waals surface area contributed by atoms with Gasteiger partial charge in [-0.05, 0) is 32.8 Å². The van der Waals surface area contributed by atoms with Gasteiger partial charge in [0, 0.05) is 12.2 Å². The summed E-state index contributed by atoms with van der Waals surface area (Å²) in [5, 5.41) is 10.2. The highest BCUT2D eigenvalue weighted by molar-refractivity contribution is 7.85. The Balaban J connectivity index is 5.31. The van der Waals surface area contributed by atoms with Crippen molar-refractivity contribution in [1.29, 1.82) is 0 Å². The molecule has 6 nitrogen and oxygen atoms in total. The summed E-state index contributed by atoms with van der Waals surface area (Å²) < 4.78 is 33.2. The van der Waals surface area contributed by atoms with Crippen LogP contribution in [0, 0.1) is 0 Å². The summed E-state index contributed by atoms with van der Waals surface area (Å²) in [7, 11) is -4.26. The fraction of sp³-hybridized carbons (Fsp3) is 0.812. The molecule has 0 aliphatic carbocycles. The third-order valence-corrected chi connectivity index (χ3v) is 4.99. The lowest BCUT2D eigenvalue weighted by atomic mass is 10.1. The standard InChI is InChI=1S/C16H31NO5S/c1-5-8-15(18)16(19)13-17(10-6-2,11-7-3)14(4)9-12-23(20,21)22/h5,8,14,16,19H,6-7,9-13H2,1-4H3. The number of carbonyl (C=O) groups excluding carboxylic acids is 1. The normalized spacial score (nSPS) is 15.7. The van der Waals surface area contributed by atoms with E-state index in [4.69, 9.17) is 0 Å². The molecule has 0 saturated carbocycles. The Hall–Kier alpha value is -0.760. The Bertz CT molecular complexity index is 481. The molecule has 7 heteroatoms. The molecule has 0 aromatic carbocycles. The van der Waals surface area contributed by atoms with Gasteiger partial charge in [-0.2, -0.15) is 0 Å². The topological polar surface area (TPSA) is 94.5 Å². The Morgan fingerprint density at radius 3 is 2.17 bits per heavy atom. The molecule has 0 heterocycles.